The molecule has 0 amide bonds. The van der Waals surface area contributed by atoms with E-state index in [1.54, 1.807) is 7.11 Å². The molecule has 1 rings (SSSR count). The van der Waals surface area contributed by atoms with Crippen molar-refractivity contribution >= 4 is 0 Å². The van der Waals surface area contributed by atoms with Crippen molar-refractivity contribution in [1.29, 1.82) is 0 Å². The van der Waals surface area contributed by atoms with Crippen molar-refractivity contribution in [3.8, 4) is 0 Å². The van der Waals surface area contributed by atoms with Crippen LogP contribution >= 0.6 is 0 Å². The van der Waals surface area contributed by atoms with E-state index >= 15 is 0 Å². The van der Waals surface area contributed by atoms with E-state index in [2.05, 4.69) is 44.8 Å². The fourth-order valence-corrected chi connectivity index (χ4v) is 2.82. The van der Waals surface area contributed by atoms with Crippen LogP contribution in [0.25, 0.3) is 0 Å². The molecule has 0 saturated carbocycles. The van der Waals surface area contributed by atoms with Crippen LogP contribution in [0.15, 0.2) is 0 Å². The Balaban J connectivity index is 2.67. The highest BCUT2D eigenvalue weighted by molar-refractivity contribution is 4.98. The van der Waals surface area contributed by atoms with Crippen LogP contribution in [0.2, 0.25) is 0 Å². The van der Waals surface area contributed by atoms with Gasteiger partial charge in [0.15, 0.2) is 0 Å². The molecule has 3 nitrogen and oxygen atoms in total. The minimum atomic E-state index is 0.273. The lowest BCUT2D eigenvalue weighted by atomic mass is 9.81. The van der Waals surface area contributed by atoms with E-state index in [1.165, 1.54) is 6.42 Å². The summed E-state index contributed by atoms with van der Waals surface area (Å²) in [6, 6.07) is 0.619. The molecule has 2 atom stereocenters. The van der Waals surface area contributed by atoms with Gasteiger partial charge in [-0.2, -0.15) is 0 Å². The second kappa shape index (κ2) is 6.36. The summed E-state index contributed by atoms with van der Waals surface area (Å²) in [5, 5.41) is 3.75. The topological polar surface area (TPSA) is 24.5 Å². The molecule has 0 bridgehead atoms. The Morgan fingerprint density at radius 3 is 2.56 bits per heavy atom. The minimum absolute atomic E-state index is 0.273. The molecule has 108 valence electrons. The first-order valence-electron chi connectivity index (χ1n) is 7.30. The van der Waals surface area contributed by atoms with E-state index in [9.17, 15) is 0 Å². The molecule has 3 heteroatoms. The highest BCUT2D eigenvalue weighted by Crippen LogP contribution is 2.29. The normalized spacial score (nSPS) is 30.7. The van der Waals surface area contributed by atoms with Gasteiger partial charge in [0.05, 0.1) is 0 Å². The molecule has 0 aromatic carbocycles. The maximum atomic E-state index is 5.19. The number of nitrogens with one attached hydrogen (secondary N) is 1. The summed E-state index contributed by atoms with van der Waals surface area (Å²) in [4.78, 5) is 2.67. The molecule has 0 aromatic rings. The number of hydrogen-bond donors (Lipinski definition) is 1. The first-order valence-corrected chi connectivity index (χ1v) is 7.30. The summed E-state index contributed by atoms with van der Waals surface area (Å²) in [6.07, 6.45) is 2.31. The molecule has 1 aliphatic heterocycles. The van der Waals surface area contributed by atoms with Crippen molar-refractivity contribution in [3.63, 3.8) is 0 Å². The molecular weight excluding hydrogens is 224 g/mol. The number of piperazine rings is 1. The fourth-order valence-electron chi connectivity index (χ4n) is 2.82. The maximum absolute atomic E-state index is 5.19. The van der Waals surface area contributed by atoms with Crippen LogP contribution in [0, 0.1) is 5.41 Å². The third-order valence-corrected chi connectivity index (χ3v) is 4.29. The molecule has 1 heterocycles. The van der Waals surface area contributed by atoms with Crippen LogP contribution in [-0.2, 0) is 4.74 Å². The Bertz CT molecular complexity index is 249. The third kappa shape index (κ3) is 4.22. The molecule has 1 aliphatic rings. The molecule has 0 aromatic heterocycles. The van der Waals surface area contributed by atoms with Gasteiger partial charge in [-0.3, -0.25) is 4.90 Å². The fraction of sp³-hybridized carbons (Fsp3) is 1.00. The summed E-state index contributed by atoms with van der Waals surface area (Å²) in [7, 11) is 1.79. The monoisotopic (exact) mass is 256 g/mol. The first-order chi connectivity index (χ1) is 8.32. The van der Waals surface area contributed by atoms with E-state index < -0.39 is 0 Å². The Kier molecular flexibility index (Phi) is 5.63. The Labute approximate surface area is 113 Å². The minimum Gasteiger partial charge on any atom is -0.385 e. The molecule has 2 unspecified atom stereocenters. The van der Waals surface area contributed by atoms with Gasteiger partial charge in [-0.15, -0.1) is 0 Å². The Morgan fingerprint density at radius 2 is 2.06 bits per heavy atom. The third-order valence-electron chi connectivity index (χ3n) is 4.29. The van der Waals surface area contributed by atoms with Gasteiger partial charge in [0, 0.05) is 44.9 Å². The summed E-state index contributed by atoms with van der Waals surface area (Å²) >= 11 is 0. The smallest absolute Gasteiger partial charge is 0.0474 e. The summed E-state index contributed by atoms with van der Waals surface area (Å²) in [5.41, 5.74) is 0.601. The number of rotatable bonds is 5. The quantitative estimate of drug-likeness (QED) is 0.765. The van der Waals surface area contributed by atoms with E-state index in [-0.39, 0.29) is 5.54 Å². The average molecular weight is 256 g/mol. The predicted molar refractivity (Wildman–Crippen MR) is 78.0 cm³/mol. The van der Waals surface area contributed by atoms with Crippen LogP contribution in [0.4, 0.5) is 0 Å². The molecular formula is C15H32N2O. The molecule has 18 heavy (non-hydrogen) atoms. The zero-order chi connectivity index (χ0) is 13.8. The zero-order valence-electron chi connectivity index (χ0n) is 13.2. The number of ether oxygens (including phenoxy) is 1. The van der Waals surface area contributed by atoms with Gasteiger partial charge < -0.3 is 10.1 Å². The van der Waals surface area contributed by atoms with Gasteiger partial charge >= 0.3 is 0 Å². The second-order valence-corrected chi connectivity index (χ2v) is 6.99. The standard InChI is InChI=1S/C15H32N2O/c1-7-15(5)12-17(9-8-10-18-6)13(11-16-15)14(2,3)4/h13,16H,7-12H2,1-6H3. The van der Waals surface area contributed by atoms with Crippen molar-refractivity contribution in [1.82, 2.24) is 10.2 Å². The van der Waals surface area contributed by atoms with E-state index in [0.29, 0.717) is 11.5 Å². The van der Waals surface area contributed by atoms with Gasteiger partial charge in [-0.1, -0.05) is 27.7 Å². The predicted octanol–water partition coefficient (Wildman–Crippen LogP) is 2.51. The van der Waals surface area contributed by atoms with E-state index in [4.69, 9.17) is 4.74 Å². The van der Waals surface area contributed by atoms with Crippen LogP contribution in [0.1, 0.15) is 47.5 Å². The lowest BCUT2D eigenvalue weighted by Gasteiger charge is -2.50. The number of methoxy groups -OCH3 is 1. The number of hydrogen-bond acceptors (Lipinski definition) is 3. The summed E-state index contributed by atoms with van der Waals surface area (Å²) in [6.45, 7) is 15.9. The van der Waals surface area contributed by atoms with Crippen LogP contribution in [0.3, 0.4) is 0 Å². The second-order valence-electron chi connectivity index (χ2n) is 6.99. The van der Waals surface area contributed by atoms with Crippen molar-refractivity contribution in [2.45, 2.75) is 59.0 Å². The highest BCUT2D eigenvalue weighted by atomic mass is 16.5. The summed E-state index contributed by atoms with van der Waals surface area (Å²) < 4.78 is 5.19. The summed E-state index contributed by atoms with van der Waals surface area (Å²) in [5.74, 6) is 0. The SMILES string of the molecule is CCC1(C)CN(CCCOC)C(C(C)(C)C)CN1. The molecule has 1 fully saturated rings. The zero-order valence-corrected chi connectivity index (χ0v) is 13.2. The van der Waals surface area contributed by atoms with Crippen molar-refractivity contribution in [2.75, 3.05) is 33.4 Å². The lowest BCUT2D eigenvalue weighted by molar-refractivity contribution is 0.0209. The van der Waals surface area contributed by atoms with E-state index in [1.807, 2.05) is 0 Å². The van der Waals surface area contributed by atoms with Gasteiger partial charge in [0.1, 0.15) is 0 Å². The molecule has 0 radical (unpaired) electrons. The highest BCUT2D eigenvalue weighted by Gasteiger charge is 2.39. The largest absolute Gasteiger partial charge is 0.385 e. The van der Waals surface area contributed by atoms with Crippen molar-refractivity contribution in [2.24, 2.45) is 5.41 Å². The number of nitrogens with zero attached hydrogens (tertiary/aromatic N) is 1. The Hall–Kier alpha value is -0.120. The maximum Gasteiger partial charge on any atom is 0.0474 e. The molecule has 1 saturated heterocycles. The van der Waals surface area contributed by atoms with Gasteiger partial charge in [-0.25, -0.2) is 0 Å². The van der Waals surface area contributed by atoms with Gasteiger partial charge in [0.2, 0.25) is 0 Å². The Morgan fingerprint density at radius 1 is 1.39 bits per heavy atom. The molecule has 0 spiro atoms. The van der Waals surface area contributed by atoms with Crippen molar-refractivity contribution < 1.29 is 4.74 Å². The van der Waals surface area contributed by atoms with E-state index in [0.717, 1.165) is 32.7 Å². The lowest BCUT2D eigenvalue weighted by Crippen LogP contribution is -2.65. The van der Waals surface area contributed by atoms with Crippen LogP contribution in [-0.4, -0.2) is 49.8 Å². The molecule has 1 N–H and O–H groups in total. The average Bonchev–Trinajstić information content (AvgIpc) is 2.28. The van der Waals surface area contributed by atoms with Gasteiger partial charge in [0.25, 0.3) is 0 Å². The van der Waals surface area contributed by atoms with Crippen LogP contribution in [0.5, 0.6) is 0 Å². The first kappa shape index (κ1) is 15.9. The molecule has 0 aliphatic carbocycles. The van der Waals surface area contributed by atoms with Gasteiger partial charge in [-0.05, 0) is 25.2 Å². The van der Waals surface area contributed by atoms with Crippen molar-refractivity contribution in [3.05, 3.63) is 0 Å². The van der Waals surface area contributed by atoms with Crippen LogP contribution < -0.4 is 5.32 Å².